The van der Waals surface area contributed by atoms with Gasteiger partial charge in [-0.3, -0.25) is 10.00 Å². The SMILES string of the molecule is CN1CCN(Cn2[nH]c(-c3ccc(F)c(Oc4ccccc4)c3)nc2=S)CC1. The van der Waals surface area contributed by atoms with E-state index in [0.717, 1.165) is 31.7 Å². The summed E-state index contributed by atoms with van der Waals surface area (Å²) in [5.41, 5.74) is 0.718. The van der Waals surface area contributed by atoms with Crippen molar-refractivity contribution < 1.29 is 9.13 Å². The van der Waals surface area contributed by atoms with Crippen LogP contribution in [0.5, 0.6) is 11.5 Å². The van der Waals surface area contributed by atoms with Gasteiger partial charge < -0.3 is 9.64 Å². The molecule has 28 heavy (non-hydrogen) atoms. The Hall–Kier alpha value is -2.55. The summed E-state index contributed by atoms with van der Waals surface area (Å²) in [5, 5.41) is 3.23. The molecule has 146 valence electrons. The Balaban J connectivity index is 1.54. The van der Waals surface area contributed by atoms with E-state index in [4.69, 9.17) is 17.0 Å². The van der Waals surface area contributed by atoms with Crippen molar-refractivity contribution in [1.82, 2.24) is 24.6 Å². The highest BCUT2D eigenvalue weighted by Gasteiger charge is 2.16. The number of hydrogen-bond acceptors (Lipinski definition) is 5. The van der Waals surface area contributed by atoms with Gasteiger partial charge in [0.05, 0.1) is 6.67 Å². The van der Waals surface area contributed by atoms with Crippen LogP contribution < -0.4 is 4.74 Å². The number of nitrogens with zero attached hydrogens (tertiary/aromatic N) is 4. The smallest absolute Gasteiger partial charge is 0.217 e. The second-order valence-corrected chi connectivity index (χ2v) is 7.27. The van der Waals surface area contributed by atoms with Crippen molar-refractivity contribution in [2.24, 2.45) is 0 Å². The van der Waals surface area contributed by atoms with E-state index in [1.165, 1.54) is 6.07 Å². The van der Waals surface area contributed by atoms with E-state index in [1.807, 2.05) is 22.9 Å². The van der Waals surface area contributed by atoms with Crippen LogP contribution in [0.15, 0.2) is 48.5 Å². The molecule has 8 heteroatoms. The van der Waals surface area contributed by atoms with Crippen molar-refractivity contribution in [1.29, 1.82) is 0 Å². The normalized spacial score (nSPS) is 15.6. The van der Waals surface area contributed by atoms with Crippen LogP contribution in [0, 0.1) is 10.6 Å². The van der Waals surface area contributed by atoms with E-state index in [0.29, 0.717) is 23.0 Å². The average molecular weight is 399 g/mol. The number of aromatic nitrogens is 3. The highest BCUT2D eigenvalue weighted by molar-refractivity contribution is 7.71. The van der Waals surface area contributed by atoms with Gasteiger partial charge >= 0.3 is 0 Å². The van der Waals surface area contributed by atoms with Crippen LogP contribution in [0.2, 0.25) is 0 Å². The maximum Gasteiger partial charge on any atom is 0.217 e. The van der Waals surface area contributed by atoms with Crippen LogP contribution in [-0.2, 0) is 6.67 Å². The maximum absolute atomic E-state index is 14.2. The van der Waals surface area contributed by atoms with Gasteiger partial charge in [0.1, 0.15) is 5.75 Å². The summed E-state index contributed by atoms with van der Waals surface area (Å²) < 4.78 is 22.2. The molecule has 6 nitrogen and oxygen atoms in total. The summed E-state index contributed by atoms with van der Waals surface area (Å²) in [6.45, 7) is 4.70. The molecule has 1 aromatic heterocycles. The molecule has 0 aliphatic carbocycles. The second kappa shape index (κ2) is 8.22. The minimum absolute atomic E-state index is 0.150. The van der Waals surface area contributed by atoms with E-state index in [9.17, 15) is 4.39 Å². The number of halogens is 1. The lowest BCUT2D eigenvalue weighted by molar-refractivity contribution is 0.119. The van der Waals surface area contributed by atoms with Crippen molar-refractivity contribution in [3.05, 3.63) is 59.1 Å². The van der Waals surface area contributed by atoms with Crippen LogP contribution in [-0.4, -0.2) is 57.8 Å². The number of likely N-dealkylation sites (N-methyl/N-ethyl adjacent to an activating group) is 1. The van der Waals surface area contributed by atoms with Gasteiger partial charge in [-0.25, -0.2) is 9.07 Å². The van der Waals surface area contributed by atoms with Crippen molar-refractivity contribution in [2.45, 2.75) is 6.67 Å². The zero-order chi connectivity index (χ0) is 19.5. The first-order valence-electron chi connectivity index (χ1n) is 9.19. The fraction of sp³-hybridized carbons (Fsp3) is 0.300. The number of benzene rings is 2. The van der Waals surface area contributed by atoms with Gasteiger partial charge in [0, 0.05) is 31.7 Å². The number of para-hydroxylation sites is 1. The van der Waals surface area contributed by atoms with Gasteiger partial charge in [-0.2, -0.15) is 4.98 Å². The Kier molecular flexibility index (Phi) is 5.52. The highest BCUT2D eigenvalue weighted by Crippen LogP contribution is 2.28. The molecule has 0 saturated carbocycles. The fourth-order valence-electron chi connectivity index (χ4n) is 3.12. The Morgan fingerprint density at radius 1 is 1.11 bits per heavy atom. The number of rotatable bonds is 5. The molecule has 0 unspecified atom stereocenters. The van der Waals surface area contributed by atoms with Crippen molar-refractivity contribution in [3.8, 4) is 22.9 Å². The van der Waals surface area contributed by atoms with Crippen LogP contribution in [0.4, 0.5) is 4.39 Å². The standard InChI is InChI=1S/C20H22FN5OS/c1-24-9-11-25(12-10-24)14-26-20(28)22-19(23-26)15-7-8-17(21)18(13-15)27-16-5-3-2-4-6-16/h2-8,13H,9-12,14H2,1H3,(H,22,23,28). The van der Waals surface area contributed by atoms with Crippen LogP contribution >= 0.6 is 12.2 Å². The predicted molar refractivity (Wildman–Crippen MR) is 108 cm³/mol. The lowest BCUT2D eigenvalue weighted by Crippen LogP contribution is -2.45. The first-order chi connectivity index (χ1) is 13.6. The molecule has 4 rings (SSSR count). The first-order valence-corrected chi connectivity index (χ1v) is 9.60. The molecular formula is C20H22FN5OS. The van der Waals surface area contributed by atoms with E-state index >= 15 is 0 Å². The zero-order valence-corrected chi connectivity index (χ0v) is 16.5. The lowest BCUT2D eigenvalue weighted by Gasteiger charge is -2.32. The summed E-state index contributed by atoms with van der Waals surface area (Å²) in [7, 11) is 2.13. The summed E-state index contributed by atoms with van der Waals surface area (Å²) >= 11 is 5.41. The monoisotopic (exact) mass is 399 g/mol. The van der Waals surface area contributed by atoms with Crippen molar-refractivity contribution in [2.75, 3.05) is 33.2 Å². The molecular weight excluding hydrogens is 377 g/mol. The van der Waals surface area contributed by atoms with Crippen molar-refractivity contribution >= 4 is 12.2 Å². The summed E-state index contributed by atoms with van der Waals surface area (Å²) in [4.78, 5) is 9.08. The molecule has 1 aliphatic heterocycles. The van der Waals surface area contributed by atoms with Gasteiger partial charge in [-0.15, -0.1) is 0 Å². The average Bonchev–Trinajstić information content (AvgIpc) is 3.06. The van der Waals surface area contributed by atoms with Crippen molar-refractivity contribution in [3.63, 3.8) is 0 Å². The van der Waals surface area contributed by atoms with E-state index in [1.54, 1.807) is 24.3 Å². The number of H-pyrrole nitrogens is 1. The number of nitrogens with one attached hydrogen (secondary N) is 1. The molecule has 1 N–H and O–H groups in total. The topological polar surface area (TPSA) is 49.3 Å². The van der Waals surface area contributed by atoms with E-state index in [-0.39, 0.29) is 5.75 Å². The number of piperazine rings is 1. The number of ether oxygens (including phenoxy) is 1. The second-order valence-electron chi connectivity index (χ2n) is 6.91. The minimum Gasteiger partial charge on any atom is -0.454 e. The molecule has 2 aromatic carbocycles. The quantitative estimate of drug-likeness (QED) is 0.663. The molecule has 1 saturated heterocycles. The van der Waals surface area contributed by atoms with Gasteiger partial charge in [0.25, 0.3) is 0 Å². The predicted octanol–water partition coefficient (Wildman–Crippen LogP) is 3.74. The summed E-state index contributed by atoms with van der Waals surface area (Å²) in [5.74, 6) is 0.892. The molecule has 0 amide bonds. The first kappa shape index (κ1) is 18.8. The van der Waals surface area contributed by atoms with Crippen LogP contribution in [0.3, 0.4) is 0 Å². The summed E-state index contributed by atoms with van der Waals surface area (Å²) in [6, 6.07) is 13.8. The molecule has 0 spiro atoms. The largest absolute Gasteiger partial charge is 0.454 e. The van der Waals surface area contributed by atoms with E-state index < -0.39 is 5.82 Å². The summed E-state index contributed by atoms with van der Waals surface area (Å²) in [6.07, 6.45) is 0. The number of hydrogen-bond donors (Lipinski definition) is 1. The Morgan fingerprint density at radius 2 is 1.86 bits per heavy atom. The third-order valence-corrected chi connectivity index (χ3v) is 5.10. The highest BCUT2D eigenvalue weighted by atomic mass is 32.1. The molecule has 0 atom stereocenters. The molecule has 2 heterocycles. The van der Waals surface area contributed by atoms with Gasteiger partial charge in [0.2, 0.25) is 4.77 Å². The fourth-order valence-corrected chi connectivity index (χ4v) is 3.31. The molecule has 3 aromatic rings. The third kappa shape index (κ3) is 4.30. The molecule has 1 fully saturated rings. The van der Waals surface area contributed by atoms with E-state index in [2.05, 4.69) is 26.9 Å². The lowest BCUT2D eigenvalue weighted by atomic mass is 10.2. The number of aromatic amines is 1. The molecule has 1 aliphatic rings. The Morgan fingerprint density at radius 3 is 2.61 bits per heavy atom. The van der Waals surface area contributed by atoms with Gasteiger partial charge in [-0.05, 0) is 49.6 Å². The minimum atomic E-state index is -0.428. The van der Waals surface area contributed by atoms with Crippen LogP contribution in [0.25, 0.3) is 11.4 Å². The molecule has 0 bridgehead atoms. The molecule has 0 radical (unpaired) electrons. The maximum atomic E-state index is 14.2. The van der Waals surface area contributed by atoms with Crippen LogP contribution in [0.1, 0.15) is 0 Å². The third-order valence-electron chi connectivity index (χ3n) is 4.79. The van der Waals surface area contributed by atoms with Gasteiger partial charge in [0.15, 0.2) is 17.4 Å². The zero-order valence-electron chi connectivity index (χ0n) is 15.6. The Labute approximate surface area is 168 Å². The Bertz CT molecular complexity index is 995. The van der Waals surface area contributed by atoms with Gasteiger partial charge in [-0.1, -0.05) is 18.2 Å².